The molecule has 4 nitrogen and oxygen atoms in total. The maximum atomic E-state index is 13.5. The van der Waals surface area contributed by atoms with Crippen molar-refractivity contribution in [2.75, 3.05) is 19.6 Å². The number of benzene rings is 1. The van der Waals surface area contributed by atoms with Gasteiger partial charge in [0.15, 0.2) is 0 Å². The summed E-state index contributed by atoms with van der Waals surface area (Å²) in [4.78, 5) is 23.2. The molecule has 1 aliphatic carbocycles. The number of carbonyl (C=O) groups is 1. The maximum Gasteiger partial charge on any atom is 0.229 e. The molecular formula is C26H31N3OS. The van der Waals surface area contributed by atoms with Gasteiger partial charge in [-0.2, -0.15) is 0 Å². The Morgan fingerprint density at radius 3 is 2.94 bits per heavy atom. The van der Waals surface area contributed by atoms with E-state index in [0.717, 1.165) is 35.3 Å². The lowest BCUT2D eigenvalue weighted by molar-refractivity contribution is -0.135. The number of thiazole rings is 1. The first-order valence-corrected chi connectivity index (χ1v) is 12.9. The summed E-state index contributed by atoms with van der Waals surface area (Å²) >= 11 is 1.64. The van der Waals surface area contributed by atoms with Crippen molar-refractivity contribution in [1.82, 2.24) is 14.8 Å². The van der Waals surface area contributed by atoms with Crippen LogP contribution in [0.15, 0.2) is 47.4 Å². The largest absolute Gasteiger partial charge is 0.335 e. The quantitative estimate of drug-likeness (QED) is 0.654. The lowest BCUT2D eigenvalue weighted by Crippen LogP contribution is -2.60. The molecule has 0 radical (unpaired) electrons. The minimum absolute atomic E-state index is 0.264. The van der Waals surface area contributed by atoms with Gasteiger partial charge in [-0.3, -0.25) is 9.69 Å². The highest BCUT2D eigenvalue weighted by atomic mass is 32.1. The number of likely N-dealkylation sites (tertiary alicyclic amines) is 1. The van der Waals surface area contributed by atoms with Crippen LogP contribution in [0.1, 0.15) is 44.2 Å². The van der Waals surface area contributed by atoms with Crippen LogP contribution in [0.2, 0.25) is 0 Å². The van der Waals surface area contributed by atoms with E-state index >= 15 is 0 Å². The number of carbonyl (C=O) groups excluding carboxylic acids is 1. The average molecular weight is 434 g/mol. The summed E-state index contributed by atoms with van der Waals surface area (Å²) in [6.45, 7) is 3.34. The predicted octanol–water partition coefficient (Wildman–Crippen LogP) is 4.77. The van der Waals surface area contributed by atoms with E-state index in [1.807, 2.05) is 18.2 Å². The number of piperidine rings is 3. The third kappa shape index (κ3) is 3.66. The van der Waals surface area contributed by atoms with Crippen LogP contribution in [0.4, 0.5) is 0 Å². The van der Waals surface area contributed by atoms with E-state index in [2.05, 4.69) is 33.4 Å². The first kappa shape index (κ1) is 19.7. The minimum Gasteiger partial charge on any atom is -0.335 e. The Balaban J connectivity index is 1.21. The number of hydrogen-bond donors (Lipinski definition) is 0. The van der Waals surface area contributed by atoms with Gasteiger partial charge in [-0.1, -0.05) is 48.4 Å². The fraction of sp³-hybridized carbons (Fsp3) is 0.538. The van der Waals surface area contributed by atoms with Crippen LogP contribution in [0.5, 0.6) is 0 Å². The van der Waals surface area contributed by atoms with E-state index < -0.39 is 0 Å². The summed E-state index contributed by atoms with van der Waals surface area (Å²) in [5.41, 5.74) is 3.61. The molecule has 3 fully saturated rings. The molecule has 2 bridgehead atoms. The van der Waals surface area contributed by atoms with E-state index in [1.165, 1.54) is 45.2 Å². The second-order valence-corrected chi connectivity index (χ2v) is 10.6. The fourth-order valence-electron chi connectivity index (χ4n) is 6.61. The second-order valence-electron chi connectivity index (χ2n) is 9.78. The van der Waals surface area contributed by atoms with Crippen LogP contribution >= 0.6 is 11.3 Å². The molecule has 4 atom stereocenters. The zero-order chi connectivity index (χ0) is 20.8. The molecule has 1 aromatic heterocycles. The van der Waals surface area contributed by atoms with Gasteiger partial charge in [0.25, 0.3) is 0 Å². The molecule has 4 heterocycles. The molecule has 2 aromatic rings. The molecule has 0 N–H and O–H groups in total. The number of hydrogen-bond acceptors (Lipinski definition) is 4. The molecule has 5 heteroatoms. The molecule has 6 rings (SSSR count). The van der Waals surface area contributed by atoms with Crippen LogP contribution in [0, 0.1) is 11.8 Å². The van der Waals surface area contributed by atoms with Crippen molar-refractivity contribution in [3.8, 4) is 10.6 Å². The third-order valence-electron chi connectivity index (χ3n) is 7.88. The highest BCUT2D eigenvalue weighted by molar-refractivity contribution is 7.13. The zero-order valence-electron chi connectivity index (χ0n) is 18.1. The minimum atomic E-state index is 0.264. The predicted molar refractivity (Wildman–Crippen MR) is 125 cm³/mol. The summed E-state index contributed by atoms with van der Waals surface area (Å²) in [6, 6.07) is 11.4. The maximum absolute atomic E-state index is 13.5. The summed E-state index contributed by atoms with van der Waals surface area (Å²) in [5, 5.41) is 3.07. The van der Waals surface area contributed by atoms with Crippen molar-refractivity contribution in [2.24, 2.45) is 11.8 Å². The number of aromatic nitrogens is 1. The van der Waals surface area contributed by atoms with Crippen molar-refractivity contribution in [3.05, 3.63) is 53.1 Å². The SMILES string of the molecule is O=C(Cc1csc(-c2ccccc2)n1)N1CCCC2=CC3CC(CN4CCCCC34)C21. The van der Waals surface area contributed by atoms with Crippen molar-refractivity contribution < 1.29 is 4.79 Å². The molecule has 31 heavy (non-hydrogen) atoms. The number of amides is 1. The monoisotopic (exact) mass is 433 g/mol. The smallest absolute Gasteiger partial charge is 0.229 e. The van der Waals surface area contributed by atoms with Gasteiger partial charge >= 0.3 is 0 Å². The highest BCUT2D eigenvalue weighted by Gasteiger charge is 2.46. The second kappa shape index (κ2) is 8.18. The topological polar surface area (TPSA) is 36.4 Å². The molecule has 3 aliphatic heterocycles. The van der Waals surface area contributed by atoms with E-state index in [-0.39, 0.29) is 5.91 Å². The number of nitrogens with zero attached hydrogens (tertiary/aromatic N) is 3. The molecular weight excluding hydrogens is 402 g/mol. The first-order valence-electron chi connectivity index (χ1n) is 12.0. The summed E-state index contributed by atoms with van der Waals surface area (Å²) in [6.07, 6.45) is 10.7. The summed E-state index contributed by atoms with van der Waals surface area (Å²) in [5.74, 6) is 1.59. The van der Waals surface area contributed by atoms with Crippen molar-refractivity contribution in [3.63, 3.8) is 0 Å². The first-order chi connectivity index (χ1) is 15.3. The molecule has 0 saturated carbocycles. The lowest BCUT2D eigenvalue weighted by Gasteiger charge is -2.54. The Kier molecular flexibility index (Phi) is 5.19. The number of fused-ring (bicyclic) bond motifs is 6. The van der Waals surface area contributed by atoms with Gasteiger partial charge in [-0.05, 0) is 50.5 Å². The van der Waals surface area contributed by atoms with Gasteiger partial charge in [-0.15, -0.1) is 11.3 Å². The van der Waals surface area contributed by atoms with Crippen LogP contribution in [0.3, 0.4) is 0 Å². The van der Waals surface area contributed by atoms with Crippen LogP contribution in [0.25, 0.3) is 10.6 Å². The van der Waals surface area contributed by atoms with E-state index in [4.69, 9.17) is 4.98 Å². The van der Waals surface area contributed by atoms with Gasteiger partial charge in [0.05, 0.1) is 18.2 Å². The molecule has 4 aliphatic rings. The van der Waals surface area contributed by atoms with Crippen molar-refractivity contribution in [1.29, 1.82) is 0 Å². The van der Waals surface area contributed by atoms with Crippen molar-refractivity contribution >= 4 is 17.2 Å². The molecule has 0 spiro atoms. The normalized spacial score (nSPS) is 30.3. The molecule has 1 amide bonds. The third-order valence-corrected chi connectivity index (χ3v) is 8.82. The molecule has 1 aromatic carbocycles. The Morgan fingerprint density at radius 1 is 1.13 bits per heavy atom. The van der Waals surface area contributed by atoms with Crippen LogP contribution in [-0.4, -0.2) is 52.4 Å². The van der Waals surface area contributed by atoms with E-state index in [1.54, 1.807) is 16.9 Å². The standard InChI is InChI=1S/C26H31N3OS/c30-24(15-22-17-31-26(27-22)18-7-2-1-3-8-18)29-12-6-9-19-13-20-14-21(25(19)29)16-28-11-5-4-10-23(20)28/h1-3,7-8,13,17,20-21,23,25H,4-6,9-12,14-16H2. The van der Waals surface area contributed by atoms with Gasteiger partial charge in [-0.25, -0.2) is 4.98 Å². The van der Waals surface area contributed by atoms with E-state index in [0.29, 0.717) is 24.3 Å². The van der Waals surface area contributed by atoms with E-state index in [9.17, 15) is 4.79 Å². The highest BCUT2D eigenvalue weighted by Crippen LogP contribution is 2.45. The van der Waals surface area contributed by atoms with Crippen LogP contribution in [-0.2, 0) is 11.2 Å². The van der Waals surface area contributed by atoms with Crippen LogP contribution < -0.4 is 0 Å². The average Bonchev–Trinajstić information content (AvgIpc) is 3.28. The Morgan fingerprint density at radius 2 is 2.03 bits per heavy atom. The number of rotatable bonds is 3. The van der Waals surface area contributed by atoms with Gasteiger partial charge < -0.3 is 4.90 Å². The zero-order valence-corrected chi connectivity index (χ0v) is 18.9. The Labute approximate surface area is 189 Å². The molecule has 162 valence electrons. The van der Waals surface area contributed by atoms with Gasteiger partial charge in [0.1, 0.15) is 5.01 Å². The molecule has 3 saturated heterocycles. The fourth-order valence-corrected chi connectivity index (χ4v) is 7.44. The summed E-state index contributed by atoms with van der Waals surface area (Å²) < 4.78 is 0. The lowest BCUT2D eigenvalue weighted by atomic mass is 9.68. The van der Waals surface area contributed by atoms with Gasteiger partial charge in [0, 0.05) is 30.1 Å². The van der Waals surface area contributed by atoms with Gasteiger partial charge in [0.2, 0.25) is 5.91 Å². The summed E-state index contributed by atoms with van der Waals surface area (Å²) in [7, 11) is 0. The Bertz CT molecular complexity index is 984. The Hall–Kier alpha value is -1.98. The molecule has 4 unspecified atom stereocenters. The van der Waals surface area contributed by atoms with Crippen molar-refractivity contribution in [2.45, 2.75) is 57.0 Å².